The van der Waals surface area contributed by atoms with Gasteiger partial charge in [0.2, 0.25) is 0 Å². The first-order chi connectivity index (χ1) is 10.7. The molecule has 0 spiro atoms. The smallest absolute Gasteiger partial charge is 0.502 e. The molecule has 0 heterocycles. The van der Waals surface area contributed by atoms with Crippen molar-refractivity contribution >= 4 is 8.56 Å². The normalized spacial score (nSPS) is 12.8. The van der Waals surface area contributed by atoms with Crippen molar-refractivity contribution in [2.75, 3.05) is 0 Å². The number of hydrogen-bond donors (Lipinski definition) is 0. The van der Waals surface area contributed by atoms with Gasteiger partial charge in [-0.25, -0.2) is 0 Å². The number of halogens is 6. The van der Waals surface area contributed by atoms with E-state index in [-0.39, 0.29) is 0 Å². The Labute approximate surface area is 128 Å². The SMILES string of the molecule is FC(F)(F)[Si](Oc1ccccc1)(Oc1ccccc1)C(F)(F)F. The monoisotopic (exact) mass is 352 g/mol. The summed E-state index contributed by atoms with van der Waals surface area (Å²) >= 11 is 0. The molecule has 9 heteroatoms. The summed E-state index contributed by atoms with van der Waals surface area (Å²) in [4.78, 5) is 0. The molecule has 0 aromatic heterocycles. The molecule has 0 bridgehead atoms. The fourth-order valence-corrected chi connectivity index (χ4v) is 3.48. The summed E-state index contributed by atoms with van der Waals surface area (Å²) in [6, 6.07) is 12.0. The molecule has 0 aliphatic rings. The maximum absolute atomic E-state index is 13.3. The van der Waals surface area contributed by atoms with Gasteiger partial charge in [0.25, 0.3) is 0 Å². The Morgan fingerprint density at radius 1 is 0.565 bits per heavy atom. The summed E-state index contributed by atoms with van der Waals surface area (Å²) in [6.45, 7) is 0. The summed E-state index contributed by atoms with van der Waals surface area (Å²) in [7, 11) is -6.68. The second-order valence-corrected chi connectivity index (χ2v) is 7.22. The lowest BCUT2D eigenvalue weighted by molar-refractivity contribution is -0.149. The Morgan fingerprint density at radius 3 is 1.13 bits per heavy atom. The third-order valence-corrected chi connectivity index (χ3v) is 5.30. The van der Waals surface area contributed by atoms with Crippen LogP contribution in [-0.2, 0) is 0 Å². The molecule has 2 nitrogen and oxygen atoms in total. The predicted octanol–water partition coefficient (Wildman–Crippen LogP) is 4.79. The fraction of sp³-hybridized carbons (Fsp3) is 0.143. The topological polar surface area (TPSA) is 18.5 Å². The predicted molar refractivity (Wildman–Crippen MR) is 72.0 cm³/mol. The summed E-state index contributed by atoms with van der Waals surface area (Å²) in [5, 5.41) is 0. The van der Waals surface area contributed by atoms with Crippen LogP contribution in [0.4, 0.5) is 26.3 Å². The highest BCUT2D eigenvalue weighted by atomic mass is 28.4. The average Bonchev–Trinajstić information content (AvgIpc) is 2.46. The van der Waals surface area contributed by atoms with E-state index in [0.29, 0.717) is 0 Å². The number of hydrogen-bond acceptors (Lipinski definition) is 2. The van der Waals surface area contributed by atoms with E-state index in [9.17, 15) is 26.3 Å². The van der Waals surface area contributed by atoms with Crippen LogP contribution in [-0.4, -0.2) is 20.2 Å². The molecule has 0 saturated heterocycles. The molecule has 0 saturated carbocycles. The van der Waals surface area contributed by atoms with Gasteiger partial charge in [-0.1, -0.05) is 36.4 Å². The van der Waals surface area contributed by atoms with E-state index in [4.69, 9.17) is 0 Å². The van der Waals surface area contributed by atoms with Crippen molar-refractivity contribution in [3.63, 3.8) is 0 Å². The van der Waals surface area contributed by atoms with Gasteiger partial charge in [0.15, 0.2) is 0 Å². The van der Waals surface area contributed by atoms with Crippen molar-refractivity contribution in [2.24, 2.45) is 0 Å². The molecule has 0 radical (unpaired) electrons. The van der Waals surface area contributed by atoms with Crippen LogP contribution < -0.4 is 8.85 Å². The third kappa shape index (κ3) is 3.61. The molecule has 2 aromatic rings. The van der Waals surface area contributed by atoms with Crippen molar-refractivity contribution in [3.8, 4) is 11.5 Å². The molecule has 0 aliphatic heterocycles. The lowest BCUT2D eigenvalue weighted by Crippen LogP contribution is -2.71. The highest BCUT2D eigenvalue weighted by Crippen LogP contribution is 2.43. The Bertz CT molecular complexity index is 570. The maximum atomic E-state index is 13.3. The number of alkyl halides is 6. The van der Waals surface area contributed by atoms with E-state index < -0.39 is 31.7 Å². The molecule has 0 unspecified atom stereocenters. The Kier molecular flexibility index (Phi) is 4.60. The minimum Gasteiger partial charge on any atom is -0.502 e. The van der Waals surface area contributed by atoms with Crippen LogP contribution in [0.2, 0.25) is 0 Å². The summed E-state index contributed by atoms with van der Waals surface area (Å²) in [5.41, 5.74) is 0. The van der Waals surface area contributed by atoms with E-state index in [0.717, 1.165) is 24.3 Å². The standard InChI is InChI=1S/C14H10F6O2Si/c15-13(16,17)23(14(18,19)20,21-11-7-3-1-4-8-11)22-12-9-5-2-6-10-12/h1-10H. The van der Waals surface area contributed by atoms with Gasteiger partial charge in [-0.2, -0.15) is 26.3 Å². The van der Waals surface area contributed by atoms with Gasteiger partial charge >= 0.3 is 20.2 Å². The third-order valence-electron chi connectivity index (χ3n) is 2.76. The van der Waals surface area contributed by atoms with Crippen molar-refractivity contribution in [3.05, 3.63) is 60.7 Å². The number of rotatable bonds is 4. The van der Waals surface area contributed by atoms with Crippen LogP contribution in [0.25, 0.3) is 0 Å². The van der Waals surface area contributed by atoms with Gasteiger partial charge in [0.05, 0.1) is 0 Å². The first-order valence-electron chi connectivity index (χ1n) is 6.27. The largest absolute Gasteiger partial charge is 0.685 e. The van der Waals surface area contributed by atoms with Gasteiger partial charge in [0, 0.05) is 0 Å². The maximum Gasteiger partial charge on any atom is 0.685 e. The van der Waals surface area contributed by atoms with Gasteiger partial charge in [-0.05, 0) is 24.3 Å². The van der Waals surface area contributed by atoms with Crippen LogP contribution in [0.3, 0.4) is 0 Å². The molecule has 0 amide bonds. The molecule has 2 rings (SSSR count). The highest BCUT2D eigenvalue weighted by Gasteiger charge is 2.84. The molecular weight excluding hydrogens is 342 g/mol. The van der Waals surface area contributed by atoms with Crippen LogP contribution in [0, 0.1) is 0 Å². The minimum absolute atomic E-state index is 0.565. The van der Waals surface area contributed by atoms with E-state index >= 15 is 0 Å². The Hall–Kier alpha value is -2.16. The first kappa shape index (κ1) is 17.2. The zero-order chi connectivity index (χ0) is 17.1. The van der Waals surface area contributed by atoms with Crippen LogP contribution in [0.15, 0.2) is 60.7 Å². The van der Waals surface area contributed by atoms with Gasteiger partial charge in [-0.15, -0.1) is 0 Å². The summed E-state index contributed by atoms with van der Waals surface area (Å²) < 4.78 is 88.8. The molecule has 0 fully saturated rings. The molecule has 124 valence electrons. The van der Waals surface area contributed by atoms with Gasteiger partial charge in [-0.3, -0.25) is 0 Å². The van der Waals surface area contributed by atoms with E-state index in [2.05, 4.69) is 8.85 Å². The summed E-state index contributed by atoms with van der Waals surface area (Å²) in [6.07, 6.45) is 0. The van der Waals surface area contributed by atoms with Gasteiger partial charge < -0.3 is 8.85 Å². The summed E-state index contributed by atoms with van der Waals surface area (Å²) in [5.74, 6) is -12.6. The van der Waals surface area contributed by atoms with E-state index in [1.54, 1.807) is 0 Å². The first-order valence-corrected chi connectivity index (χ1v) is 8.09. The zero-order valence-electron chi connectivity index (χ0n) is 11.4. The number of para-hydroxylation sites is 2. The molecule has 2 aromatic carbocycles. The lowest BCUT2D eigenvalue weighted by Gasteiger charge is -2.33. The van der Waals surface area contributed by atoms with Crippen molar-refractivity contribution in [1.29, 1.82) is 0 Å². The van der Waals surface area contributed by atoms with Crippen molar-refractivity contribution in [1.82, 2.24) is 0 Å². The molecule has 0 aliphatic carbocycles. The fourth-order valence-electron chi connectivity index (χ4n) is 1.72. The van der Waals surface area contributed by atoms with Crippen LogP contribution >= 0.6 is 0 Å². The van der Waals surface area contributed by atoms with Gasteiger partial charge in [0.1, 0.15) is 11.5 Å². The molecular formula is C14H10F6O2Si. The van der Waals surface area contributed by atoms with E-state index in [1.807, 2.05) is 0 Å². The van der Waals surface area contributed by atoms with E-state index in [1.165, 1.54) is 36.4 Å². The average molecular weight is 352 g/mol. The van der Waals surface area contributed by atoms with Crippen LogP contribution in [0.1, 0.15) is 0 Å². The molecule has 0 N–H and O–H groups in total. The second-order valence-electron chi connectivity index (χ2n) is 4.44. The molecule has 23 heavy (non-hydrogen) atoms. The lowest BCUT2D eigenvalue weighted by atomic mass is 10.3. The highest BCUT2D eigenvalue weighted by molar-refractivity contribution is 6.72. The Morgan fingerprint density at radius 2 is 0.870 bits per heavy atom. The number of benzene rings is 2. The van der Waals surface area contributed by atoms with Crippen LogP contribution in [0.5, 0.6) is 11.5 Å². The van der Waals surface area contributed by atoms with Crippen molar-refractivity contribution in [2.45, 2.75) is 11.6 Å². The quantitative estimate of drug-likeness (QED) is 0.582. The Balaban J connectivity index is 2.51. The zero-order valence-corrected chi connectivity index (χ0v) is 12.4. The second kappa shape index (κ2) is 6.15. The van der Waals surface area contributed by atoms with Crippen molar-refractivity contribution < 1.29 is 35.2 Å². The molecule has 0 atom stereocenters. The minimum atomic E-state index is -6.68.